The van der Waals surface area contributed by atoms with Crippen molar-refractivity contribution in [1.29, 1.82) is 0 Å². The number of nitrogens with zero attached hydrogens (tertiary/aromatic N) is 2. The summed E-state index contributed by atoms with van der Waals surface area (Å²) in [7, 11) is 1.41. The molecule has 20 heavy (non-hydrogen) atoms. The van der Waals surface area contributed by atoms with Gasteiger partial charge in [0.25, 0.3) is 5.88 Å². The third-order valence-electron chi connectivity index (χ3n) is 2.25. The van der Waals surface area contributed by atoms with Gasteiger partial charge in [0.1, 0.15) is 11.0 Å². The molecule has 2 aromatic rings. The Morgan fingerprint density at radius 3 is 2.85 bits per heavy atom. The van der Waals surface area contributed by atoms with Crippen LogP contribution in [0.15, 0.2) is 30.6 Å². The fourth-order valence-electron chi connectivity index (χ4n) is 1.36. The van der Waals surface area contributed by atoms with Crippen LogP contribution in [0.5, 0.6) is 11.6 Å². The standard InChI is InChI=1S/C14H10ClFN2O2/c1-19-12-7-11(16)9-18-14(12)20-6-2-3-10-4-5-13(15)17-8-10/h4-5,7-9H,6H2,1H3. The quantitative estimate of drug-likeness (QED) is 0.644. The Hall–Kier alpha value is -2.32. The van der Waals surface area contributed by atoms with E-state index in [1.165, 1.54) is 13.2 Å². The van der Waals surface area contributed by atoms with E-state index < -0.39 is 5.82 Å². The normalized spacial score (nSPS) is 9.55. The van der Waals surface area contributed by atoms with Gasteiger partial charge in [-0.05, 0) is 12.1 Å². The number of ether oxygens (including phenoxy) is 2. The highest BCUT2D eigenvalue weighted by atomic mass is 35.5. The highest BCUT2D eigenvalue weighted by Crippen LogP contribution is 2.24. The summed E-state index contributed by atoms with van der Waals surface area (Å²) >= 11 is 5.66. The molecule has 102 valence electrons. The topological polar surface area (TPSA) is 44.2 Å². The number of hydrogen-bond acceptors (Lipinski definition) is 4. The molecule has 0 saturated heterocycles. The molecule has 0 aliphatic rings. The van der Waals surface area contributed by atoms with Gasteiger partial charge in [0.2, 0.25) is 0 Å². The summed E-state index contributed by atoms with van der Waals surface area (Å²) in [4.78, 5) is 7.69. The third kappa shape index (κ3) is 3.84. The van der Waals surface area contributed by atoms with Crippen LogP contribution in [0.1, 0.15) is 5.56 Å². The average molecular weight is 293 g/mol. The van der Waals surface area contributed by atoms with Crippen LogP contribution in [0.4, 0.5) is 4.39 Å². The van der Waals surface area contributed by atoms with Crippen molar-refractivity contribution in [3.05, 3.63) is 47.1 Å². The van der Waals surface area contributed by atoms with Crippen LogP contribution in [0.2, 0.25) is 5.15 Å². The van der Waals surface area contributed by atoms with E-state index in [-0.39, 0.29) is 18.2 Å². The molecule has 0 unspecified atom stereocenters. The second-order valence-corrected chi connectivity index (χ2v) is 4.01. The number of hydrogen-bond donors (Lipinski definition) is 0. The van der Waals surface area contributed by atoms with Gasteiger partial charge in [0, 0.05) is 17.8 Å². The molecule has 0 aromatic carbocycles. The molecule has 2 aromatic heterocycles. The summed E-state index contributed by atoms with van der Waals surface area (Å²) in [5.74, 6) is 5.56. The molecule has 0 atom stereocenters. The van der Waals surface area contributed by atoms with Crippen LogP contribution >= 0.6 is 11.6 Å². The monoisotopic (exact) mass is 292 g/mol. The molecular formula is C14H10ClFN2O2. The zero-order chi connectivity index (χ0) is 14.4. The van der Waals surface area contributed by atoms with Crippen molar-refractivity contribution in [1.82, 2.24) is 9.97 Å². The molecule has 0 aliphatic carbocycles. The van der Waals surface area contributed by atoms with E-state index in [2.05, 4.69) is 21.8 Å². The number of rotatable bonds is 3. The molecule has 0 saturated carbocycles. The van der Waals surface area contributed by atoms with Crippen molar-refractivity contribution in [3.8, 4) is 23.5 Å². The second-order valence-electron chi connectivity index (χ2n) is 3.62. The van der Waals surface area contributed by atoms with Gasteiger partial charge < -0.3 is 9.47 Å². The third-order valence-corrected chi connectivity index (χ3v) is 2.47. The van der Waals surface area contributed by atoms with Crippen LogP contribution in [-0.2, 0) is 0 Å². The summed E-state index contributed by atoms with van der Waals surface area (Å²) in [5.41, 5.74) is 0.719. The van der Waals surface area contributed by atoms with E-state index in [1.54, 1.807) is 18.3 Å². The van der Waals surface area contributed by atoms with Crippen LogP contribution in [-0.4, -0.2) is 23.7 Å². The number of halogens is 2. The van der Waals surface area contributed by atoms with Crippen molar-refractivity contribution < 1.29 is 13.9 Å². The average Bonchev–Trinajstić information content (AvgIpc) is 2.46. The van der Waals surface area contributed by atoms with Crippen LogP contribution < -0.4 is 9.47 Å². The Kier molecular flexibility index (Phi) is 4.75. The fraction of sp³-hybridized carbons (Fsp3) is 0.143. The Labute approximate surface area is 120 Å². The molecule has 0 N–H and O–H groups in total. The van der Waals surface area contributed by atoms with Gasteiger partial charge in [-0.2, -0.15) is 0 Å². The van der Waals surface area contributed by atoms with Crippen molar-refractivity contribution in [2.75, 3.05) is 13.7 Å². The number of aromatic nitrogens is 2. The summed E-state index contributed by atoms with van der Waals surface area (Å²) in [6, 6.07) is 4.59. The van der Waals surface area contributed by atoms with Crippen molar-refractivity contribution in [2.45, 2.75) is 0 Å². The first-order valence-corrected chi connectivity index (χ1v) is 5.99. The summed E-state index contributed by atoms with van der Waals surface area (Å²) in [5, 5.41) is 0.409. The molecule has 4 nitrogen and oxygen atoms in total. The zero-order valence-corrected chi connectivity index (χ0v) is 11.3. The lowest BCUT2D eigenvalue weighted by molar-refractivity contribution is 0.315. The maximum atomic E-state index is 12.9. The van der Waals surface area contributed by atoms with Crippen LogP contribution in [0, 0.1) is 17.7 Å². The van der Waals surface area contributed by atoms with Crippen LogP contribution in [0.25, 0.3) is 0 Å². The molecule has 0 aliphatic heterocycles. The maximum absolute atomic E-state index is 12.9. The molecule has 2 rings (SSSR count). The van der Waals surface area contributed by atoms with E-state index >= 15 is 0 Å². The van der Waals surface area contributed by atoms with Gasteiger partial charge in [-0.25, -0.2) is 14.4 Å². The molecule has 0 spiro atoms. The molecule has 0 bridgehead atoms. The Bertz CT molecular complexity index is 650. The minimum atomic E-state index is -0.493. The highest BCUT2D eigenvalue weighted by molar-refractivity contribution is 6.29. The first-order valence-electron chi connectivity index (χ1n) is 5.62. The smallest absolute Gasteiger partial charge is 0.258 e. The number of methoxy groups -OCH3 is 1. The van der Waals surface area contributed by atoms with E-state index in [0.29, 0.717) is 5.15 Å². The lowest BCUT2D eigenvalue weighted by Crippen LogP contribution is -1.99. The van der Waals surface area contributed by atoms with Crippen molar-refractivity contribution >= 4 is 11.6 Å². The minimum absolute atomic E-state index is 0.0949. The summed E-state index contributed by atoms with van der Waals surface area (Å²) < 4.78 is 23.2. The van der Waals surface area contributed by atoms with Crippen molar-refractivity contribution in [2.24, 2.45) is 0 Å². The largest absolute Gasteiger partial charge is 0.491 e. The van der Waals surface area contributed by atoms with E-state index in [9.17, 15) is 4.39 Å². The maximum Gasteiger partial charge on any atom is 0.258 e. The Morgan fingerprint density at radius 1 is 1.30 bits per heavy atom. The zero-order valence-electron chi connectivity index (χ0n) is 10.6. The Balaban J connectivity index is 1.98. The second kappa shape index (κ2) is 6.73. The Morgan fingerprint density at radius 2 is 2.15 bits per heavy atom. The minimum Gasteiger partial charge on any atom is -0.491 e. The van der Waals surface area contributed by atoms with E-state index in [0.717, 1.165) is 11.8 Å². The summed E-state index contributed by atoms with van der Waals surface area (Å²) in [6.45, 7) is 0.0949. The molecule has 6 heteroatoms. The highest BCUT2D eigenvalue weighted by Gasteiger charge is 2.06. The predicted molar refractivity (Wildman–Crippen MR) is 72.4 cm³/mol. The molecule has 2 heterocycles. The van der Waals surface area contributed by atoms with Gasteiger partial charge in [-0.1, -0.05) is 23.4 Å². The van der Waals surface area contributed by atoms with Gasteiger partial charge >= 0.3 is 0 Å². The van der Waals surface area contributed by atoms with E-state index in [4.69, 9.17) is 21.1 Å². The SMILES string of the molecule is COc1cc(F)cnc1OCC#Cc1ccc(Cl)nc1. The summed E-state index contributed by atoms with van der Waals surface area (Å²) in [6.07, 6.45) is 2.61. The lowest BCUT2D eigenvalue weighted by atomic mass is 10.3. The molecule has 0 radical (unpaired) electrons. The first kappa shape index (κ1) is 14.1. The van der Waals surface area contributed by atoms with Crippen molar-refractivity contribution in [3.63, 3.8) is 0 Å². The fourth-order valence-corrected chi connectivity index (χ4v) is 1.47. The molecule has 0 amide bonds. The van der Waals surface area contributed by atoms with E-state index in [1.807, 2.05) is 0 Å². The lowest BCUT2D eigenvalue weighted by Gasteiger charge is -2.06. The molecule has 0 fully saturated rings. The first-order chi connectivity index (χ1) is 9.69. The van der Waals surface area contributed by atoms with Gasteiger partial charge in [0.15, 0.2) is 12.4 Å². The van der Waals surface area contributed by atoms with Gasteiger partial charge in [-0.3, -0.25) is 0 Å². The van der Waals surface area contributed by atoms with Gasteiger partial charge in [0.05, 0.1) is 13.3 Å². The number of pyridine rings is 2. The predicted octanol–water partition coefficient (Wildman–Crippen LogP) is 2.71. The van der Waals surface area contributed by atoms with Gasteiger partial charge in [-0.15, -0.1) is 0 Å². The molecular weight excluding hydrogens is 283 g/mol. The van der Waals surface area contributed by atoms with Crippen LogP contribution in [0.3, 0.4) is 0 Å².